The molecule has 1 aliphatic carbocycles. The highest BCUT2D eigenvalue weighted by atomic mass is 15.5. The molecule has 2 heterocycles. The summed E-state index contributed by atoms with van der Waals surface area (Å²) < 4.78 is 0. The Morgan fingerprint density at radius 1 is 1.17 bits per heavy atom. The standard InChI is InChI=1S/C19H26N4/c1-19-10-3-2-4-17(19)7-8-18(23(19)21)15-6-5-14-9-11-22(20)13-16(14)12-15/h2-6,12,18H,7-11,13,20-21H2,1H3. The molecular weight excluding hydrogens is 284 g/mol. The molecule has 2 aliphatic heterocycles. The zero-order valence-corrected chi connectivity index (χ0v) is 13.8. The van der Waals surface area contributed by atoms with Crippen LogP contribution in [0.5, 0.6) is 0 Å². The van der Waals surface area contributed by atoms with E-state index >= 15 is 0 Å². The maximum Gasteiger partial charge on any atom is 0.0576 e. The molecule has 1 saturated heterocycles. The lowest BCUT2D eigenvalue weighted by molar-refractivity contribution is 0.0502. The highest BCUT2D eigenvalue weighted by Gasteiger charge is 2.42. The predicted octanol–water partition coefficient (Wildman–Crippen LogP) is 2.57. The van der Waals surface area contributed by atoms with Crippen molar-refractivity contribution in [2.45, 2.75) is 50.7 Å². The smallest absolute Gasteiger partial charge is 0.0576 e. The fourth-order valence-corrected chi connectivity index (χ4v) is 4.32. The van der Waals surface area contributed by atoms with Crippen molar-refractivity contribution in [1.82, 2.24) is 10.0 Å². The third-order valence-electron chi connectivity index (χ3n) is 5.89. The number of hydrogen-bond acceptors (Lipinski definition) is 4. The third-order valence-corrected chi connectivity index (χ3v) is 5.89. The number of fused-ring (bicyclic) bond motifs is 2. The van der Waals surface area contributed by atoms with Gasteiger partial charge in [-0.3, -0.25) is 11.7 Å². The number of rotatable bonds is 1. The number of allylic oxidation sites excluding steroid dienone is 2. The molecule has 2 unspecified atom stereocenters. The number of nitrogens with two attached hydrogens (primary N) is 2. The monoisotopic (exact) mass is 310 g/mol. The largest absolute Gasteiger partial charge is 0.268 e. The molecule has 0 radical (unpaired) electrons. The van der Waals surface area contributed by atoms with E-state index in [0.717, 1.165) is 38.8 Å². The Kier molecular flexibility index (Phi) is 3.65. The van der Waals surface area contributed by atoms with Crippen molar-refractivity contribution < 1.29 is 0 Å². The van der Waals surface area contributed by atoms with Crippen molar-refractivity contribution in [2.24, 2.45) is 11.7 Å². The normalized spacial score (nSPS) is 31.4. The van der Waals surface area contributed by atoms with Crippen LogP contribution in [0.25, 0.3) is 0 Å². The van der Waals surface area contributed by atoms with E-state index in [2.05, 4.69) is 48.4 Å². The topological polar surface area (TPSA) is 58.5 Å². The minimum absolute atomic E-state index is 0.0481. The highest BCUT2D eigenvalue weighted by molar-refractivity contribution is 5.38. The van der Waals surface area contributed by atoms with E-state index < -0.39 is 0 Å². The first-order valence-corrected chi connectivity index (χ1v) is 8.59. The number of piperidine rings is 1. The minimum Gasteiger partial charge on any atom is -0.268 e. The Hall–Kier alpha value is -1.46. The fraction of sp³-hybridized carbons (Fsp3) is 0.474. The van der Waals surface area contributed by atoms with Crippen molar-refractivity contribution in [1.29, 1.82) is 0 Å². The summed E-state index contributed by atoms with van der Waals surface area (Å²) in [6.45, 7) is 4.05. The first kappa shape index (κ1) is 15.1. The molecule has 0 saturated carbocycles. The average Bonchev–Trinajstić information content (AvgIpc) is 2.55. The summed E-state index contributed by atoms with van der Waals surface area (Å²) in [7, 11) is 0. The third kappa shape index (κ3) is 2.46. The quantitative estimate of drug-likeness (QED) is 0.783. The van der Waals surface area contributed by atoms with Crippen molar-refractivity contribution in [3.05, 3.63) is 58.7 Å². The van der Waals surface area contributed by atoms with Gasteiger partial charge in [0.2, 0.25) is 0 Å². The van der Waals surface area contributed by atoms with E-state index in [-0.39, 0.29) is 11.6 Å². The lowest BCUT2D eigenvalue weighted by atomic mass is 9.75. The van der Waals surface area contributed by atoms with Crippen LogP contribution in [0, 0.1) is 0 Å². The van der Waals surface area contributed by atoms with Gasteiger partial charge in [-0.05, 0) is 54.9 Å². The first-order chi connectivity index (χ1) is 11.1. The Balaban J connectivity index is 1.65. The SMILES string of the molecule is CC12CC=CC=C1CCC(c1ccc3c(c1)CN(N)CC3)N2N. The van der Waals surface area contributed by atoms with Crippen LogP contribution >= 0.6 is 0 Å². The lowest BCUT2D eigenvalue weighted by Crippen LogP contribution is -2.56. The second-order valence-corrected chi connectivity index (χ2v) is 7.31. The fourth-order valence-electron chi connectivity index (χ4n) is 4.32. The van der Waals surface area contributed by atoms with Gasteiger partial charge in [-0.15, -0.1) is 0 Å². The summed E-state index contributed by atoms with van der Waals surface area (Å²) >= 11 is 0. The van der Waals surface area contributed by atoms with Crippen molar-refractivity contribution >= 4 is 0 Å². The van der Waals surface area contributed by atoms with Crippen LogP contribution < -0.4 is 11.7 Å². The molecule has 4 heteroatoms. The molecule has 23 heavy (non-hydrogen) atoms. The summed E-state index contributed by atoms with van der Waals surface area (Å²) in [5.41, 5.74) is 5.54. The summed E-state index contributed by atoms with van der Waals surface area (Å²) in [4.78, 5) is 0. The zero-order valence-electron chi connectivity index (χ0n) is 13.8. The molecule has 0 aromatic heterocycles. The van der Waals surface area contributed by atoms with E-state index in [0.29, 0.717) is 0 Å². The molecule has 0 bridgehead atoms. The summed E-state index contributed by atoms with van der Waals surface area (Å²) in [6.07, 6.45) is 10.9. The number of benzene rings is 1. The molecule has 0 spiro atoms. The first-order valence-electron chi connectivity index (χ1n) is 8.59. The van der Waals surface area contributed by atoms with Gasteiger partial charge in [0, 0.05) is 13.1 Å². The Labute approximate surface area is 138 Å². The van der Waals surface area contributed by atoms with Crippen LogP contribution in [-0.4, -0.2) is 22.1 Å². The molecule has 1 aromatic carbocycles. The van der Waals surface area contributed by atoms with Crippen LogP contribution in [-0.2, 0) is 13.0 Å². The van der Waals surface area contributed by atoms with E-state index in [1.54, 1.807) is 0 Å². The van der Waals surface area contributed by atoms with Crippen LogP contribution in [0.2, 0.25) is 0 Å². The molecule has 3 aliphatic rings. The van der Waals surface area contributed by atoms with Crippen LogP contribution in [0.15, 0.2) is 42.0 Å². The zero-order chi connectivity index (χ0) is 16.0. The molecule has 122 valence electrons. The Bertz CT molecular complexity index is 678. The van der Waals surface area contributed by atoms with Gasteiger partial charge in [0.1, 0.15) is 0 Å². The molecule has 2 atom stereocenters. The van der Waals surface area contributed by atoms with E-state index in [4.69, 9.17) is 11.7 Å². The summed E-state index contributed by atoms with van der Waals surface area (Å²) in [6, 6.07) is 7.16. The summed E-state index contributed by atoms with van der Waals surface area (Å²) in [5.74, 6) is 12.6. The molecule has 1 aromatic rings. The molecule has 4 N–H and O–H groups in total. The average molecular weight is 310 g/mol. The second kappa shape index (κ2) is 5.56. The van der Waals surface area contributed by atoms with E-state index in [9.17, 15) is 0 Å². The summed E-state index contributed by atoms with van der Waals surface area (Å²) in [5, 5.41) is 4.00. The van der Waals surface area contributed by atoms with Crippen molar-refractivity contribution in [3.8, 4) is 0 Å². The van der Waals surface area contributed by atoms with Gasteiger partial charge in [0.15, 0.2) is 0 Å². The minimum atomic E-state index is -0.0481. The Morgan fingerprint density at radius 3 is 2.91 bits per heavy atom. The predicted molar refractivity (Wildman–Crippen MR) is 93.0 cm³/mol. The van der Waals surface area contributed by atoms with Gasteiger partial charge in [0.25, 0.3) is 0 Å². The van der Waals surface area contributed by atoms with Gasteiger partial charge in [-0.1, -0.05) is 36.4 Å². The number of nitrogens with zero attached hydrogens (tertiary/aromatic N) is 2. The lowest BCUT2D eigenvalue weighted by Gasteiger charge is -2.49. The van der Waals surface area contributed by atoms with Crippen molar-refractivity contribution in [2.75, 3.05) is 6.54 Å². The van der Waals surface area contributed by atoms with Crippen LogP contribution in [0.3, 0.4) is 0 Å². The maximum atomic E-state index is 6.63. The van der Waals surface area contributed by atoms with Gasteiger partial charge >= 0.3 is 0 Å². The van der Waals surface area contributed by atoms with E-state index in [1.807, 2.05) is 5.01 Å². The van der Waals surface area contributed by atoms with Crippen molar-refractivity contribution in [3.63, 3.8) is 0 Å². The maximum absolute atomic E-state index is 6.63. The van der Waals surface area contributed by atoms with Gasteiger partial charge in [0.05, 0.1) is 11.6 Å². The van der Waals surface area contributed by atoms with Gasteiger partial charge in [-0.25, -0.2) is 10.0 Å². The second-order valence-electron chi connectivity index (χ2n) is 7.31. The highest BCUT2D eigenvalue weighted by Crippen LogP contribution is 2.44. The van der Waals surface area contributed by atoms with Crippen LogP contribution in [0.4, 0.5) is 0 Å². The Morgan fingerprint density at radius 2 is 2.04 bits per heavy atom. The number of hydrazine groups is 2. The van der Waals surface area contributed by atoms with Gasteiger partial charge in [-0.2, -0.15) is 0 Å². The molecule has 4 rings (SSSR count). The van der Waals surface area contributed by atoms with Crippen LogP contribution in [0.1, 0.15) is 48.9 Å². The number of hydrogen-bond donors (Lipinski definition) is 2. The molecule has 1 fully saturated rings. The van der Waals surface area contributed by atoms with E-state index in [1.165, 1.54) is 22.3 Å². The molecule has 4 nitrogen and oxygen atoms in total. The molecular formula is C19H26N4. The molecule has 0 amide bonds. The van der Waals surface area contributed by atoms with Gasteiger partial charge < -0.3 is 0 Å².